The van der Waals surface area contributed by atoms with Gasteiger partial charge in [-0.25, -0.2) is 4.98 Å². The Hall–Kier alpha value is -3.18. The fourth-order valence-electron chi connectivity index (χ4n) is 3.90. The molecule has 1 aromatic heterocycles. The number of rotatable bonds is 6. The Morgan fingerprint density at radius 3 is 2.39 bits per heavy atom. The minimum absolute atomic E-state index is 0.0462. The normalized spacial score (nSPS) is 11.0. The lowest BCUT2D eigenvalue weighted by Gasteiger charge is -2.21. The molecule has 0 saturated heterocycles. The van der Waals surface area contributed by atoms with Crippen molar-refractivity contribution >= 4 is 32.6 Å². The number of nitrogens with zero attached hydrogens (tertiary/aromatic N) is 2. The smallest absolute Gasteiger partial charge is 0.233 e. The van der Waals surface area contributed by atoms with Crippen LogP contribution in [0.5, 0.6) is 5.75 Å². The van der Waals surface area contributed by atoms with Crippen molar-refractivity contribution in [3.8, 4) is 5.75 Å². The molecule has 0 saturated carbocycles. The molecule has 4 aromatic rings. The van der Waals surface area contributed by atoms with Crippen LogP contribution >= 0.6 is 11.3 Å². The zero-order valence-corrected chi connectivity index (χ0v) is 19.1. The molecule has 0 spiro atoms. The van der Waals surface area contributed by atoms with Crippen LogP contribution in [-0.2, 0) is 17.8 Å². The van der Waals surface area contributed by atoms with Crippen LogP contribution in [0.25, 0.3) is 10.2 Å². The Kier molecular flexibility index (Phi) is 6.05. The molecule has 4 nitrogen and oxygen atoms in total. The van der Waals surface area contributed by atoms with Gasteiger partial charge in [-0.2, -0.15) is 0 Å². The number of carbonyl (C=O) groups is 1. The Labute approximate surface area is 187 Å². The first kappa shape index (κ1) is 21.1. The first-order valence-electron chi connectivity index (χ1n) is 10.3. The molecule has 0 radical (unpaired) electrons. The van der Waals surface area contributed by atoms with Crippen molar-refractivity contribution in [2.45, 2.75) is 33.7 Å². The van der Waals surface area contributed by atoms with Crippen molar-refractivity contribution in [2.24, 2.45) is 0 Å². The number of benzene rings is 3. The number of aryl methyl sites for hydroxylation is 3. The van der Waals surface area contributed by atoms with E-state index < -0.39 is 0 Å². The molecule has 31 heavy (non-hydrogen) atoms. The fraction of sp³-hybridized carbons (Fsp3) is 0.231. The van der Waals surface area contributed by atoms with Crippen LogP contribution in [0.15, 0.2) is 60.7 Å². The largest absolute Gasteiger partial charge is 0.497 e. The minimum Gasteiger partial charge on any atom is -0.497 e. The summed E-state index contributed by atoms with van der Waals surface area (Å²) in [5.41, 5.74) is 6.53. The maximum Gasteiger partial charge on any atom is 0.233 e. The van der Waals surface area contributed by atoms with Gasteiger partial charge >= 0.3 is 0 Å². The number of methoxy groups -OCH3 is 1. The quantitative estimate of drug-likeness (QED) is 0.376. The van der Waals surface area contributed by atoms with Crippen LogP contribution in [-0.4, -0.2) is 18.0 Å². The average molecular weight is 431 g/mol. The SMILES string of the molecule is COc1ccc2sc(N(Cc3ccccc3)C(=O)Cc3c(C)cc(C)cc3C)nc2c1. The molecule has 0 fully saturated rings. The Morgan fingerprint density at radius 1 is 1.00 bits per heavy atom. The van der Waals surface area contributed by atoms with Gasteiger partial charge in [-0.15, -0.1) is 0 Å². The first-order chi connectivity index (χ1) is 14.9. The van der Waals surface area contributed by atoms with E-state index in [-0.39, 0.29) is 5.91 Å². The third-order valence-corrected chi connectivity index (χ3v) is 6.53. The van der Waals surface area contributed by atoms with Gasteiger partial charge in [-0.1, -0.05) is 59.4 Å². The van der Waals surface area contributed by atoms with Crippen molar-refractivity contribution in [1.82, 2.24) is 4.98 Å². The molecule has 4 rings (SSSR count). The van der Waals surface area contributed by atoms with Crippen molar-refractivity contribution in [3.05, 3.63) is 88.5 Å². The van der Waals surface area contributed by atoms with E-state index in [0.717, 1.165) is 38.2 Å². The number of ether oxygens (including phenoxy) is 1. The molecule has 0 aliphatic carbocycles. The number of amides is 1. The van der Waals surface area contributed by atoms with E-state index in [0.29, 0.717) is 18.1 Å². The Bertz CT molecular complexity index is 1210. The number of thiazole rings is 1. The molecular formula is C26H26N2O2S. The summed E-state index contributed by atoms with van der Waals surface area (Å²) in [6.45, 7) is 6.73. The second kappa shape index (κ2) is 8.90. The summed E-state index contributed by atoms with van der Waals surface area (Å²) in [7, 11) is 1.64. The molecule has 0 atom stereocenters. The highest BCUT2D eigenvalue weighted by molar-refractivity contribution is 7.22. The van der Waals surface area contributed by atoms with Gasteiger partial charge in [0.25, 0.3) is 0 Å². The summed E-state index contributed by atoms with van der Waals surface area (Å²) in [4.78, 5) is 20.2. The van der Waals surface area contributed by atoms with Gasteiger partial charge in [0.05, 0.1) is 30.3 Å². The van der Waals surface area contributed by atoms with Crippen LogP contribution in [0.1, 0.15) is 27.8 Å². The average Bonchev–Trinajstić information content (AvgIpc) is 3.18. The molecular weight excluding hydrogens is 404 g/mol. The van der Waals surface area contributed by atoms with Gasteiger partial charge < -0.3 is 4.74 Å². The molecule has 3 aromatic carbocycles. The summed E-state index contributed by atoms with van der Waals surface area (Å²) in [5, 5.41) is 0.708. The number of aromatic nitrogens is 1. The number of carbonyl (C=O) groups excluding carboxylic acids is 1. The maximum atomic E-state index is 13.6. The lowest BCUT2D eigenvalue weighted by Crippen LogP contribution is -2.32. The highest BCUT2D eigenvalue weighted by Gasteiger charge is 2.22. The Balaban J connectivity index is 1.71. The lowest BCUT2D eigenvalue weighted by atomic mass is 9.97. The summed E-state index contributed by atoms with van der Waals surface area (Å²) in [6.07, 6.45) is 0.351. The lowest BCUT2D eigenvalue weighted by molar-refractivity contribution is -0.118. The molecule has 0 bridgehead atoms. The molecule has 0 unspecified atom stereocenters. The molecule has 158 valence electrons. The maximum absolute atomic E-state index is 13.6. The van der Waals surface area contributed by atoms with E-state index in [1.54, 1.807) is 7.11 Å². The summed E-state index contributed by atoms with van der Waals surface area (Å²) in [5.74, 6) is 0.807. The van der Waals surface area contributed by atoms with Crippen LogP contribution < -0.4 is 9.64 Å². The molecule has 1 amide bonds. The van der Waals surface area contributed by atoms with Crippen molar-refractivity contribution < 1.29 is 9.53 Å². The highest BCUT2D eigenvalue weighted by Crippen LogP contribution is 2.32. The zero-order chi connectivity index (χ0) is 22.0. The monoisotopic (exact) mass is 430 g/mol. The fourth-order valence-corrected chi connectivity index (χ4v) is 4.86. The van der Waals surface area contributed by atoms with Crippen LogP contribution in [0.2, 0.25) is 0 Å². The van der Waals surface area contributed by atoms with Gasteiger partial charge in [0.2, 0.25) is 5.91 Å². The zero-order valence-electron chi connectivity index (χ0n) is 18.3. The minimum atomic E-state index is 0.0462. The van der Waals surface area contributed by atoms with Gasteiger partial charge in [-0.3, -0.25) is 9.69 Å². The number of hydrogen-bond donors (Lipinski definition) is 0. The van der Waals surface area contributed by atoms with Crippen molar-refractivity contribution in [2.75, 3.05) is 12.0 Å². The van der Waals surface area contributed by atoms with E-state index in [4.69, 9.17) is 9.72 Å². The topological polar surface area (TPSA) is 42.4 Å². The van der Waals surface area contributed by atoms with Crippen molar-refractivity contribution in [1.29, 1.82) is 0 Å². The molecule has 0 aliphatic rings. The third-order valence-electron chi connectivity index (χ3n) is 5.47. The van der Waals surface area contributed by atoms with Gasteiger partial charge in [0.15, 0.2) is 5.13 Å². The van der Waals surface area contributed by atoms with Crippen LogP contribution in [0.3, 0.4) is 0 Å². The van der Waals surface area contributed by atoms with E-state index in [1.165, 1.54) is 16.9 Å². The van der Waals surface area contributed by atoms with E-state index >= 15 is 0 Å². The molecule has 5 heteroatoms. The molecule has 1 heterocycles. The first-order valence-corrected chi connectivity index (χ1v) is 11.1. The number of anilines is 1. The second-order valence-electron chi connectivity index (χ2n) is 7.85. The summed E-state index contributed by atoms with van der Waals surface area (Å²) >= 11 is 1.53. The number of hydrogen-bond acceptors (Lipinski definition) is 4. The number of fused-ring (bicyclic) bond motifs is 1. The second-order valence-corrected chi connectivity index (χ2v) is 8.86. The van der Waals surface area contributed by atoms with Crippen LogP contribution in [0.4, 0.5) is 5.13 Å². The van der Waals surface area contributed by atoms with E-state index in [2.05, 4.69) is 32.9 Å². The van der Waals surface area contributed by atoms with Crippen molar-refractivity contribution in [3.63, 3.8) is 0 Å². The summed E-state index contributed by atoms with van der Waals surface area (Å²) in [6, 6.07) is 20.2. The predicted octanol–water partition coefficient (Wildman–Crippen LogP) is 6.01. The van der Waals surface area contributed by atoms with Gasteiger partial charge in [0.1, 0.15) is 5.75 Å². The van der Waals surface area contributed by atoms with Crippen LogP contribution in [0, 0.1) is 20.8 Å². The highest BCUT2D eigenvalue weighted by atomic mass is 32.1. The van der Waals surface area contributed by atoms with Gasteiger partial charge in [-0.05, 0) is 55.2 Å². The van der Waals surface area contributed by atoms with E-state index in [9.17, 15) is 4.79 Å². The van der Waals surface area contributed by atoms with Gasteiger partial charge in [0, 0.05) is 6.07 Å². The molecule has 0 N–H and O–H groups in total. The third kappa shape index (κ3) is 4.62. The predicted molar refractivity (Wildman–Crippen MR) is 128 cm³/mol. The summed E-state index contributed by atoms with van der Waals surface area (Å²) < 4.78 is 6.37. The van der Waals surface area contributed by atoms with E-state index in [1.807, 2.05) is 53.4 Å². The molecule has 0 aliphatic heterocycles. The Morgan fingerprint density at radius 2 is 1.71 bits per heavy atom. The standard InChI is InChI=1S/C26H26N2O2S/c1-17-12-18(2)22(19(3)13-17)15-25(29)28(16-20-8-6-5-7-9-20)26-27-23-14-21(30-4)10-11-24(23)31-26/h5-14H,15-16H2,1-4H3.